The van der Waals surface area contributed by atoms with Crippen LogP contribution in [-0.4, -0.2) is 25.5 Å². The van der Waals surface area contributed by atoms with E-state index in [9.17, 15) is 13.5 Å². The van der Waals surface area contributed by atoms with Crippen molar-refractivity contribution in [2.45, 2.75) is 30.9 Å². The first-order chi connectivity index (χ1) is 8.32. The first-order valence-corrected chi connectivity index (χ1v) is 8.13. The lowest BCUT2D eigenvalue weighted by Gasteiger charge is -2.24. The molecule has 0 amide bonds. The molecule has 4 nitrogen and oxygen atoms in total. The molecule has 0 bridgehead atoms. The van der Waals surface area contributed by atoms with E-state index in [2.05, 4.69) is 0 Å². The van der Waals surface area contributed by atoms with Crippen molar-refractivity contribution in [1.82, 2.24) is 0 Å². The first-order valence-electron chi connectivity index (χ1n) is 6.07. The number of fused-ring (bicyclic) bond motifs is 1. The van der Waals surface area contributed by atoms with Gasteiger partial charge in [-0.05, 0) is 30.4 Å². The minimum absolute atomic E-state index is 0.104. The van der Waals surface area contributed by atoms with Crippen molar-refractivity contribution < 1.29 is 13.5 Å². The Morgan fingerprint density at radius 1 is 1.44 bits per heavy atom. The van der Waals surface area contributed by atoms with Crippen LogP contribution in [0.15, 0.2) is 24.3 Å². The predicted octanol–water partition coefficient (Wildman–Crippen LogP) is 1.10. The zero-order valence-corrected chi connectivity index (χ0v) is 11.3. The molecule has 0 aromatic heterocycles. The minimum atomic E-state index is -2.98. The highest BCUT2D eigenvalue weighted by atomic mass is 32.2. The van der Waals surface area contributed by atoms with Crippen molar-refractivity contribution in [3.63, 3.8) is 0 Å². The molecule has 5 heteroatoms. The lowest BCUT2D eigenvalue weighted by atomic mass is 9.91. The van der Waals surface area contributed by atoms with E-state index >= 15 is 0 Å². The average molecular weight is 269 g/mol. The SMILES string of the molecule is CS(=O)(=O)CCCC1(O)CC(N)c2ccccc21. The quantitative estimate of drug-likeness (QED) is 0.858. The van der Waals surface area contributed by atoms with E-state index in [1.807, 2.05) is 24.3 Å². The summed E-state index contributed by atoms with van der Waals surface area (Å²) in [5.74, 6) is 0.104. The Morgan fingerprint density at radius 2 is 2.11 bits per heavy atom. The zero-order valence-electron chi connectivity index (χ0n) is 10.5. The average Bonchev–Trinajstić information content (AvgIpc) is 2.51. The van der Waals surface area contributed by atoms with Gasteiger partial charge < -0.3 is 10.8 Å². The maximum Gasteiger partial charge on any atom is 0.147 e. The van der Waals surface area contributed by atoms with Crippen molar-refractivity contribution >= 4 is 9.84 Å². The third-order valence-electron chi connectivity index (χ3n) is 3.52. The summed E-state index contributed by atoms with van der Waals surface area (Å²) >= 11 is 0. The summed E-state index contributed by atoms with van der Waals surface area (Å²) in [5.41, 5.74) is 6.85. The second kappa shape index (κ2) is 4.64. The third-order valence-corrected chi connectivity index (χ3v) is 4.55. The van der Waals surface area contributed by atoms with Crippen molar-refractivity contribution in [2.75, 3.05) is 12.0 Å². The van der Waals surface area contributed by atoms with E-state index in [1.54, 1.807) is 0 Å². The molecule has 3 N–H and O–H groups in total. The lowest BCUT2D eigenvalue weighted by Crippen LogP contribution is -2.24. The number of aliphatic hydroxyl groups is 1. The van der Waals surface area contributed by atoms with Crippen LogP contribution in [0.5, 0.6) is 0 Å². The van der Waals surface area contributed by atoms with Gasteiger partial charge in [-0.2, -0.15) is 0 Å². The molecule has 1 aromatic carbocycles. The number of hydrogen-bond donors (Lipinski definition) is 2. The Kier molecular flexibility index (Phi) is 3.49. The fourth-order valence-electron chi connectivity index (χ4n) is 2.69. The molecular formula is C13H19NO3S. The van der Waals surface area contributed by atoms with Crippen LogP contribution in [0.2, 0.25) is 0 Å². The Hall–Kier alpha value is -0.910. The highest BCUT2D eigenvalue weighted by molar-refractivity contribution is 7.90. The number of sulfone groups is 1. The summed E-state index contributed by atoms with van der Waals surface area (Å²) in [4.78, 5) is 0. The molecule has 0 saturated heterocycles. The van der Waals surface area contributed by atoms with Gasteiger partial charge in [-0.1, -0.05) is 24.3 Å². The van der Waals surface area contributed by atoms with E-state index in [-0.39, 0.29) is 11.8 Å². The maximum absolute atomic E-state index is 11.1. The van der Waals surface area contributed by atoms with Gasteiger partial charge in [0.25, 0.3) is 0 Å². The standard InChI is InChI=1S/C13H19NO3S/c1-18(16,17)8-4-7-13(15)9-12(14)10-5-2-3-6-11(10)13/h2-3,5-6,12,15H,4,7-9,14H2,1H3. The molecule has 0 aliphatic heterocycles. The number of hydrogen-bond acceptors (Lipinski definition) is 4. The molecule has 0 heterocycles. The van der Waals surface area contributed by atoms with Crippen LogP contribution in [0.4, 0.5) is 0 Å². The molecule has 1 aliphatic rings. The van der Waals surface area contributed by atoms with Crippen LogP contribution >= 0.6 is 0 Å². The Balaban J connectivity index is 2.14. The zero-order chi connectivity index (χ0) is 13.4. The highest BCUT2D eigenvalue weighted by Gasteiger charge is 2.40. The maximum atomic E-state index is 11.1. The second-order valence-corrected chi connectivity index (χ2v) is 7.42. The van der Waals surface area contributed by atoms with Crippen molar-refractivity contribution in [3.8, 4) is 0 Å². The van der Waals surface area contributed by atoms with E-state index < -0.39 is 15.4 Å². The summed E-state index contributed by atoms with van der Waals surface area (Å²) in [6, 6.07) is 7.42. The predicted molar refractivity (Wildman–Crippen MR) is 70.8 cm³/mol. The summed E-state index contributed by atoms with van der Waals surface area (Å²) < 4.78 is 22.2. The lowest BCUT2D eigenvalue weighted by molar-refractivity contribution is 0.0243. The molecule has 0 spiro atoms. The van der Waals surface area contributed by atoms with E-state index in [4.69, 9.17) is 5.73 Å². The summed E-state index contributed by atoms with van der Waals surface area (Å²) in [6.07, 6.45) is 2.57. The Labute approximate surface area is 108 Å². The summed E-state index contributed by atoms with van der Waals surface area (Å²) in [5, 5.41) is 10.6. The molecule has 2 atom stereocenters. The molecule has 1 aliphatic carbocycles. The smallest absolute Gasteiger partial charge is 0.147 e. The van der Waals surface area contributed by atoms with E-state index in [0.29, 0.717) is 19.3 Å². The van der Waals surface area contributed by atoms with E-state index in [0.717, 1.165) is 11.1 Å². The van der Waals surface area contributed by atoms with Crippen LogP contribution in [0.1, 0.15) is 36.4 Å². The molecular weight excluding hydrogens is 250 g/mol. The largest absolute Gasteiger partial charge is 0.385 e. The van der Waals surface area contributed by atoms with Crippen LogP contribution in [-0.2, 0) is 15.4 Å². The van der Waals surface area contributed by atoms with Gasteiger partial charge in [0, 0.05) is 18.1 Å². The monoisotopic (exact) mass is 269 g/mol. The molecule has 2 unspecified atom stereocenters. The van der Waals surface area contributed by atoms with Gasteiger partial charge in [-0.25, -0.2) is 8.42 Å². The van der Waals surface area contributed by atoms with Crippen molar-refractivity contribution in [3.05, 3.63) is 35.4 Å². The van der Waals surface area contributed by atoms with Crippen LogP contribution in [0.3, 0.4) is 0 Å². The topological polar surface area (TPSA) is 80.4 Å². The molecule has 0 saturated carbocycles. The minimum Gasteiger partial charge on any atom is -0.385 e. The van der Waals surface area contributed by atoms with Gasteiger partial charge >= 0.3 is 0 Å². The molecule has 0 radical (unpaired) electrons. The summed E-state index contributed by atoms with van der Waals surface area (Å²) in [7, 11) is -2.98. The van der Waals surface area contributed by atoms with Gasteiger partial charge in [0.15, 0.2) is 0 Å². The van der Waals surface area contributed by atoms with Gasteiger partial charge in [0.1, 0.15) is 9.84 Å². The fourth-order valence-corrected chi connectivity index (χ4v) is 3.36. The van der Waals surface area contributed by atoms with Gasteiger partial charge in [-0.15, -0.1) is 0 Å². The molecule has 2 rings (SSSR count). The number of benzene rings is 1. The molecule has 0 fully saturated rings. The van der Waals surface area contributed by atoms with Crippen molar-refractivity contribution in [1.29, 1.82) is 0 Å². The summed E-state index contributed by atoms with van der Waals surface area (Å²) in [6.45, 7) is 0. The second-order valence-electron chi connectivity index (χ2n) is 5.16. The van der Waals surface area contributed by atoms with Gasteiger partial charge in [-0.3, -0.25) is 0 Å². The van der Waals surface area contributed by atoms with Gasteiger partial charge in [0.05, 0.1) is 5.60 Å². The molecule has 18 heavy (non-hydrogen) atoms. The number of nitrogens with two attached hydrogens (primary N) is 1. The fraction of sp³-hybridized carbons (Fsp3) is 0.538. The molecule has 100 valence electrons. The highest BCUT2D eigenvalue weighted by Crippen LogP contribution is 2.44. The number of rotatable bonds is 4. The first kappa shape index (κ1) is 13.5. The Bertz CT molecular complexity index is 541. The normalized spacial score (nSPS) is 27.2. The van der Waals surface area contributed by atoms with Gasteiger partial charge in [0.2, 0.25) is 0 Å². The van der Waals surface area contributed by atoms with Crippen molar-refractivity contribution in [2.24, 2.45) is 5.73 Å². The van der Waals surface area contributed by atoms with E-state index in [1.165, 1.54) is 6.26 Å². The third kappa shape index (κ3) is 2.74. The van der Waals surface area contributed by atoms with Crippen LogP contribution in [0.25, 0.3) is 0 Å². The van der Waals surface area contributed by atoms with Crippen LogP contribution in [0, 0.1) is 0 Å². The molecule has 1 aromatic rings. The van der Waals surface area contributed by atoms with Crippen LogP contribution < -0.4 is 5.73 Å². The Morgan fingerprint density at radius 3 is 2.78 bits per heavy atom.